The molecule has 0 fully saturated rings. The maximum absolute atomic E-state index is 11.5. The van der Waals surface area contributed by atoms with Gasteiger partial charge in [0, 0.05) is 29.6 Å². The van der Waals surface area contributed by atoms with Crippen LogP contribution < -0.4 is 11.3 Å². The Labute approximate surface area is 110 Å². The third-order valence-corrected chi connectivity index (χ3v) is 2.78. The second-order valence-corrected chi connectivity index (χ2v) is 4.46. The molecule has 1 aromatic heterocycles. The van der Waals surface area contributed by atoms with E-state index in [1.165, 1.54) is 6.07 Å². The third-order valence-electron chi connectivity index (χ3n) is 2.53. The molecule has 0 atom stereocenters. The van der Waals surface area contributed by atoms with E-state index in [0.29, 0.717) is 30.2 Å². The van der Waals surface area contributed by atoms with Gasteiger partial charge in [0.15, 0.2) is 0 Å². The molecule has 1 heterocycles. The van der Waals surface area contributed by atoms with Crippen molar-refractivity contribution in [3.8, 4) is 0 Å². The van der Waals surface area contributed by atoms with Crippen LogP contribution in [0.15, 0.2) is 35.1 Å². The molecule has 0 aliphatic carbocycles. The Morgan fingerprint density at radius 1 is 1.28 bits per heavy atom. The first-order valence-corrected chi connectivity index (χ1v) is 6.09. The molecular weight excluding hydrogens is 250 g/mol. The maximum atomic E-state index is 11.5. The van der Waals surface area contributed by atoms with Crippen LogP contribution in [0.2, 0.25) is 5.02 Å². The van der Waals surface area contributed by atoms with Gasteiger partial charge in [-0.1, -0.05) is 23.7 Å². The van der Waals surface area contributed by atoms with Crippen LogP contribution in [-0.4, -0.2) is 16.5 Å². The van der Waals surface area contributed by atoms with Gasteiger partial charge in [-0.05, 0) is 24.2 Å². The Kier molecular flexibility index (Phi) is 4.12. The topological polar surface area (TPSA) is 71.8 Å². The smallest absolute Gasteiger partial charge is 0.251 e. The number of halogens is 1. The molecule has 1 aromatic carbocycles. The van der Waals surface area contributed by atoms with Crippen molar-refractivity contribution in [2.45, 2.75) is 12.8 Å². The summed E-state index contributed by atoms with van der Waals surface area (Å²) in [5.41, 5.74) is 7.10. The van der Waals surface area contributed by atoms with E-state index < -0.39 is 0 Å². The van der Waals surface area contributed by atoms with Crippen molar-refractivity contribution in [1.29, 1.82) is 0 Å². The van der Waals surface area contributed by atoms with E-state index in [4.69, 9.17) is 17.3 Å². The van der Waals surface area contributed by atoms with Crippen LogP contribution in [-0.2, 0) is 12.8 Å². The fraction of sp³-hybridized carbons (Fsp3) is 0.231. The summed E-state index contributed by atoms with van der Waals surface area (Å²) in [6, 6.07) is 8.95. The molecule has 0 unspecified atom stereocenters. The van der Waals surface area contributed by atoms with Crippen molar-refractivity contribution in [2.24, 2.45) is 5.73 Å². The lowest BCUT2D eigenvalue weighted by Gasteiger charge is -2.04. The highest BCUT2D eigenvalue weighted by molar-refractivity contribution is 6.30. The zero-order valence-corrected chi connectivity index (χ0v) is 10.6. The van der Waals surface area contributed by atoms with Gasteiger partial charge in [0.2, 0.25) is 0 Å². The second-order valence-electron chi connectivity index (χ2n) is 4.03. The lowest BCUT2D eigenvalue weighted by atomic mass is 10.1. The summed E-state index contributed by atoms with van der Waals surface area (Å²) < 4.78 is 0. The van der Waals surface area contributed by atoms with Crippen LogP contribution in [0.25, 0.3) is 0 Å². The molecule has 0 amide bonds. The SMILES string of the molecule is NCCc1cc(=O)[nH]c(Cc2ccc(Cl)cc2)n1. The van der Waals surface area contributed by atoms with E-state index in [1.54, 1.807) is 0 Å². The number of nitrogens with one attached hydrogen (secondary N) is 1. The average Bonchev–Trinajstić information content (AvgIpc) is 2.32. The molecule has 4 nitrogen and oxygen atoms in total. The summed E-state index contributed by atoms with van der Waals surface area (Å²) in [7, 11) is 0. The predicted molar refractivity (Wildman–Crippen MR) is 71.9 cm³/mol. The molecule has 0 bridgehead atoms. The van der Waals surface area contributed by atoms with Gasteiger partial charge in [-0.2, -0.15) is 0 Å². The molecule has 18 heavy (non-hydrogen) atoms. The number of hydrogen-bond acceptors (Lipinski definition) is 3. The summed E-state index contributed by atoms with van der Waals surface area (Å²) in [5, 5.41) is 0.692. The Morgan fingerprint density at radius 2 is 2.00 bits per heavy atom. The molecule has 2 rings (SSSR count). The first kappa shape index (κ1) is 12.8. The number of benzene rings is 1. The van der Waals surface area contributed by atoms with Gasteiger partial charge in [-0.25, -0.2) is 4.98 Å². The summed E-state index contributed by atoms with van der Waals surface area (Å²) in [5.74, 6) is 0.647. The Hall–Kier alpha value is -1.65. The highest BCUT2D eigenvalue weighted by Gasteiger charge is 2.02. The van der Waals surface area contributed by atoms with Crippen molar-refractivity contribution in [3.63, 3.8) is 0 Å². The minimum Gasteiger partial charge on any atom is -0.330 e. The van der Waals surface area contributed by atoms with E-state index >= 15 is 0 Å². The number of nitrogens with zero attached hydrogens (tertiary/aromatic N) is 1. The van der Waals surface area contributed by atoms with Gasteiger partial charge in [0.05, 0.1) is 0 Å². The largest absolute Gasteiger partial charge is 0.330 e. The molecule has 3 N–H and O–H groups in total. The van der Waals surface area contributed by atoms with Gasteiger partial charge in [-0.15, -0.1) is 0 Å². The summed E-state index contributed by atoms with van der Waals surface area (Å²) in [6.07, 6.45) is 1.18. The fourth-order valence-corrected chi connectivity index (χ4v) is 1.84. The summed E-state index contributed by atoms with van der Waals surface area (Å²) in [4.78, 5) is 18.6. The highest BCUT2D eigenvalue weighted by Crippen LogP contribution is 2.11. The lowest BCUT2D eigenvalue weighted by molar-refractivity contribution is 0.854. The van der Waals surface area contributed by atoms with E-state index in [-0.39, 0.29) is 5.56 Å². The van der Waals surface area contributed by atoms with Gasteiger partial charge in [0.1, 0.15) is 5.82 Å². The number of nitrogens with two attached hydrogens (primary N) is 1. The van der Waals surface area contributed by atoms with E-state index in [1.807, 2.05) is 24.3 Å². The monoisotopic (exact) mass is 263 g/mol. The van der Waals surface area contributed by atoms with Crippen molar-refractivity contribution < 1.29 is 0 Å². The van der Waals surface area contributed by atoms with Gasteiger partial charge < -0.3 is 10.7 Å². The zero-order chi connectivity index (χ0) is 13.0. The first-order valence-electron chi connectivity index (χ1n) is 5.71. The fourth-order valence-electron chi connectivity index (χ4n) is 1.72. The normalized spacial score (nSPS) is 10.6. The lowest BCUT2D eigenvalue weighted by Crippen LogP contribution is -2.15. The molecule has 0 radical (unpaired) electrons. The Morgan fingerprint density at radius 3 is 2.67 bits per heavy atom. The highest BCUT2D eigenvalue weighted by atomic mass is 35.5. The summed E-state index contributed by atoms with van der Waals surface area (Å²) in [6.45, 7) is 0.483. The number of rotatable bonds is 4. The quantitative estimate of drug-likeness (QED) is 0.878. The molecule has 2 aromatic rings. The van der Waals surface area contributed by atoms with Crippen molar-refractivity contribution in [1.82, 2.24) is 9.97 Å². The van der Waals surface area contributed by atoms with Gasteiger partial charge in [0.25, 0.3) is 5.56 Å². The molecule has 0 saturated heterocycles. The molecule has 5 heteroatoms. The van der Waals surface area contributed by atoms with Crippen LogP contribution in [0.1, 0.15) is 17.1 Å². The predicted octanol–water partition coefficient (Wildman–Crippen LogP) is 1.52. The molecule has 0 spiro atoms. The zero-order valence-electron chi connectivity index (χ0n) is 9.82. The first-order chi connectivity index (χ1) is 8.67. The minimum atomic E-state index is -0.141. The molecule has 0 aliphatic rings. The molecule has 0 saturated carbocycles. The van der Waals surface area contributed by atoms with Crippen molar-refractivity contribution in [3.05, 3.63) is 62.8 Å². The third kappa shape index (κ3) is 3.42. The summed E-state index contributed by atoms with van der Waals surface area (Å²) >= 11 is 5.82. The van der Waals surface area contributed by atoms with Gasteiger partial charge in [-0.3, -0.25) is 4.79 Å². The van der Waals surface area contributed by atoms with Gasteiger partial charge >= 0.3 is 0 Å². The number of H-pyrrole nitrogens is 1. The number of aromatic nitrogens is 2. The van der Waals surface area contributed by atoms with Crippen LogP contribution >= 0.6 is 11.6 Å². The van der Waals surface area contributed by atoms with Crippen LogP contribution in [0, 0.1) is 0 Å². The number of hydrogen-bond donors (Lipinski definition) is 2. The van der Waals surface area contributed by atoms with E-state index in [0.717, 1.165) is 11.3 Å². The standard InChI is InChI=1S/C13H14ClN3O/c14-10-3-1-9(2-4-10)7-12-16-11(5-6-15)8-13(18)17-12/h1-4,8H,5-7,15H2,(H,16,17,18). The van der Waals surface area contributed by atoms with Crippen molar-refractivity contribution in [2.75, 3.05) is 6.54 Å². The second kappa shape index (κ2) is 5.80. The maximum Gasteiger partial charge on any atom is 0.251 e. The average molecular weight is 264 g/mol. The Bertz CT molecular complexity index is 578. The minimum absolute atomic E-state index is 0.141. The number of aromatic amines is 1. The van der Waals surface area contributed by atoms with Crippen LogP contribution in [0.4, 0.5) is 0 Å². The van der Waals surface area contributed by atoms with Crippen LogP contribution in [0.3, 0.4) is 0 Å². The van der Waals surface area contributed by atoms with Crippen LogP contribution in [0.5, 0.6) is 0 Å². The van der Waals surface area contributed by atoms with E-state index in [2.05, 4.69) is 9.97 Å². The van der Waals surface area contributed by atoms with E-state index in [9.17, 15) is 4.79 Å². The molecular formula is C13H14ClN3O. The Balaban J connectivity index is 2.23. The van der Waals surface area contributed by atoms with Crippen molar-refractivity contribution >= 4 is 11.6 Å². The molecule has 94 valence electrons. The molecule has 0 aliphatic heterocycles.